The van der Waals surface area contributed by atoms with Gasteiger partial charge in [-0.2, -0.15) is 0 Å². The van der Waals surface area contributed by atoms with Crippen LogP contribution < -0.4 is 13.5 Å². The van der Waals surface area contributed by atoms with Crippen molar-refractivity contribution in [3.63, 3.8) is 0 Å². The van der Waals surface area contributed by atoms with E-state index in [4.69, 9.17) is 23.2 Å². The van der Waals surface area contributed by atoms with E-state index < -0.39 is 27.2 Å². The maximum atomic E-state index is 12.7. The van der Waals surface area contributed by atoms with E-state index in [1.54, 1.807) is 30.3 Å². The van der Waals surface area contributed by atoms with Crippen molar-refractivity contribution in [1.82, 2.24) is 0 Å². The molecule has 148 valence electrons. The molecule has 0 aliphatic heterocycles. The first kappa shape index (κ1) is 21.9. The molecule has 0 aliphatic carbocycles. The fourth-order valence-corrected chi connectivity index (χ4v) is 5.85. The molecule has 0 radical (unpaired) electrons. The van der Waals surface area contributed by atoms with Gasteiger partial charge in [-0.15, -0.1) is 0 Å². The minimum atomic E-state index is -1.77. The van der Waals surface area contributed by atoms with Gasteiger partial charge in [-0.05, 0) is 0 Å². The molecule has 26 heavy (non-hydrogen) atoms. The quantitative estimate of drug-likeness (QED) is 0.430. The summed E-state index contributed by atoms with van der Waals surface area (Å²) >= 11 is 8.90. The van der Waals surface area contributed by atoms with E-state index in [0.717, 1.165) is 17.3 Å². The van der Waals surface area contributed by atoms with Crippen LogP contribution in [0, 0.1) is 0 Å². The van der Waals surface area contributed by atoms with Gasteiger partial charge >= 0.3 is 175 Å². The van der Waals surface area contributed by atoms with Crippen molar-refractivity contribution >= 4 is 36.7 Å². The number of benzene rings is 2. The van der Waals surface area contributed by atoms with Crippen LogP contribution >= 0.6 is 23.2 Å². The molecule has 6 heteroatoms. The summed E-state index contributed by atoms with van der Waals surface area (Å²) in [5.74, 6) is 0. The molecular formula is C20H24Cl2Co2O2. The molecule has 0 unspecified atom stereocenters. The fourth-order valence-electron chi connectivity index (χ4n) is 2.40. The molecule has 0 aliphatic rings. The van der Waals surface area contributed by atoms with Gasteiger partial charge in [-0.3, -0.25) is 0 Å². The van der Waals surface area contributed by atoms with E-state index >= 15 is 0 Å². The van der Waals surface area contributed by atoms with Gasteiger partial charge in [0.2, 0.25) is 0 Å². The van der Waals surface area contributed by atoms with Gasteiger partial charge in [0.25, 0.3) is 0 Å². The topological polar surface area (TPSA) is 34.1 Å². The van der Waals surface area contributed by atoms with Gasteiger partial charge in [-0.1, -0.05) is 0 Å². The second-order valence-electron chi connectivity index (χ2n) is 5.86. The molecule has 0 saturated carbocycles. The summed E-state index contributed by atoms with van der Waals surface area (Å²) in [5.41, 5.74) is 0. The molecule has 0 aromatic heterocycles. The van der Waals surface area contributed by atoms with Crippen molar-refractivity contribution in [2.24, 2.45) is 0 Å². The fraction of sp³-hybridized carbons (Fsp3) is 0.400. The Labute approximate surface area is 174 Å². The standard InChI is InChI=1S/C8H17.C6H3Cl2.C6H4.2Co.2O/c1-3-5-7-8-6-4-2;7-5-2-1-3-6(8)4-5;1-2-4-6-5-3-1;;;;/h1,3-8H2,2H3;1-2,4H;1-2,5-6H;;;;. The van der Waals surface area contributed by atoms with Crippen LogP contribution in [0.5, 0.6) is 0 Å². The van der Waals surface area contributed by atoms with Gasteiger partial charge in [0.05, 0.1) is 0 Å². The predicted molar refractivity (Wildman–Crippen MR) is 101 cm³/mol. The van der Waals surface area contributed by atoms with E-state index in [1.165, 1.54) is 25.7 Å². The Morgan fingerprint density at radius 1 is 0.808 bits per heavy atom. The molecular weight excluding hydrogens is 461 g/mol. The molecule has 0 amide bonds. The number of hydrogen-bond acceptors (Lipinski definition) is 2. The van der Waals surface area contributed by atoms with Crippen molar-refractivity contribution in [3.8, 4) is 0 Å². The van der Waals surface area contributed by atoms with E-state index in [-0.39, 0.29) is 0 Å². The Balaban J connectivity index is 1.93. The Kier molecular flexibility index (Phi) is 9.67. The van der Waals surface area contributed by atoms with Crippen LogP contribution in [-0.2, 0) is 34.9 Å². The first-order valence-electron chi connectivity index (χ1n) is 8.65. The van der Waals surface area contributed by atoms with Crippen molar-refractivity contribution in [2.75, 3.05) is 0 Å². The van der Waals surface area contributed by atoms with Crippen LogP contribution in [0.3, 0.4) is 0 Å². The first-order valence-corrected chi connectivity index (χ1v) is 12.6. The zero-order chi connectivity index (χ0) is 18.9. The van der Waals surface area contributed by atoms with Crippen LogP contribution in [0.4, 0.5) is 0 Å². The molecule has 0 atom stereocenters. The van der Waals surface area contributed by atoms with E-state index in [2.05, 4.69) is 6.92 Å². The van der Waals surface area contributed by atoms with Crippen LogP contribution in [0.1, 0.15) is 45.4 Å². The van der Waals surface area contributed by atoms with Crippen molar-refractivity contribution in [1.29, 1.82) is 0 Å². The molecule has 2 nitrogen and oxygen atoms in total. The molecule has 2 aromatic rings. The number of rotatable bonds is 10. The van der Waals surface area contributed by atoms with E-state index in [0.29, 0.717) is 24.4 Å². The SMILES string of the molecule is CCCCCCC[CH2][Co](=[O])[c]1cc[c]([Co](=[O])[c]2ccc(Cl)cc2Cl)cc1. The zero-order valence-electron chi connectivity index (χ0n) is 14.7. The Bertz CT molecular complexity index is 761. The maximum absolute atomic E-state index is 12.7. The van der Waals surface area contributed by atoms with Gasteiger partial charge < -0.3 is 0 Å². The second-order valence-corrected chi connectivity index (χ2v) is 10.5. The van der Waals surface area contributed by atoms with Gasteiger partial charge in [0.1, 0.15) is 0 Å². The molecule has 2 aromatic carbocycles. The summed E-state index contributed by atoms with van der Waals surface area (Å²) < 4.78 is 27.2. The third-order valence-electron chi connectivity index (χ3n) is 3.81. The van der Waals surface area contributed by atoms with Crippen LogP contribution in [0.15, 0.2) is 42.5 Å². The Morgan fingerprint density at radius 3 is 2.08 bits per heavy atom. The third kappa shape index (κ3) is 6.66. The average Bonchev–Trinajstić information content (AvgIpc) is 2.64. The van der Waals surface area contributed by atoms with Crippen LogP contribution in [0.25, 0.3) is 0 Å². The van der Waals surface area contributed by atoms with Gasteiger partial charge in [0, 0.05) is 0 Å². The predicted octanol–water partition coefficient (Wildman–Crippen LogP) is 5.28. The summed E-state index contributed by atoms with van der Waals surface area (Å²) in [6, 6.07) is 12.2. The molecule has 0 N–H and O–H groups in total. The zero-order valence-corrected chi connectivity index (χ0v) is 18.3. The molecule has 0 spiro atoms. The van der Waals surface area contributed by atoms with E-state index in [1.807, 2.05) is 12.1 Å². The summed E-state index contributed by atoms with van der Waals surface area (Å²) in [6.45, 7) is 2.20. The van der Waals surface area contributed by atoms with Gasteiger partial charge in [-0.25, -0.2) is 0 Å². The number of unbranched alkanes of at least 4 members (excludes halogenated alkanes) is 5. The third-order valence-corrected chi connectivity index (χ3v) is 8.21. The summed E-state index contributed by atoms with van der Waals surface area (Å²) in [4.78, 5) is 0. The molecule has 0 heterocycles. The minimum absolute atomic E-state index is 0.399. The van der Waals surface area contributed by atoms with Crippen molar-refractivity contribution in [2.45, 2.75) is 50.8 Å². The first-order chi connectivity index (χ1) is 12.5. The summed E-state index contributed by atoms with van der Waals surface area (Å²) in [7, 11) is 0. The normalized spacial score (nSPS) is 12.1. The molecule has 2 rings (SSSR count). The van der Waals surface area contributed by atoms with Crippen LogP contribution in [-0.4, -0.2) is 0 Å². The monoisotopic (exact) mass is 484 g/mol. The second kappa shape index (κ2) is 11.5. The number of halogens is 2. The molecule has 0 bridgehead atoms. The van der Waals surface area contributed by atoms with Crippen LogP contribution in [0.2, 0.25) is 15.4 Å². The molecule has 0 fully saturated rings. The van der Waals surface area contributed by atoms with Crippen molar-refractivity contribution < 1.29 is 34.9 Å². The van der Waals surface area contributed by atoms with E-state index in [9.17, 15) is 7.73 Å². The number of hydrogen-bond donors (Lipinski definition) is 0. The summed E-state index contributed by atoms with van der Waals surface area (Å²) in [5, 5.41) is 1.63. The van der Waals surface area contributed by atoms with Crippen molar-refractivity contribution in [3.05, 3.63) is 52.5 Å². The van der Waals surface area contributed by atoms with Gasteiger partial charge in [0.15, 0.2) is 0 Å². The Morgan fingerprint density at radius 2 is 1.42 bits per heavy atom. The Hall–Kier alpha value is -0.367. The average molecular weight is 485 g/mol. The molecule has 0 saturated heterocycles. The summed E-state index contributed by atoms with van der Waals surface area (Å²) in [6.07, 6.45) is 7.14.